The standard InChI is InChI=1S/C27H37N3O5/c1-7-8-15-30(23(32)17-28-26(34)35-27(4,5)6)24(20-13-14-22(31)19(3)16-20)25(33)29-21-12-10-9-11-18(21)2/h9-14,16,24,31H,7-8,15,17H2,1-6H3,(H,28,34)(H,29,33). The third-order valence-electron chi connectivity index (χ3n) is 5.36. The summed E-state index contributed by atoms with van der Waals surface area (Å²) in [7, 11) is 0. The van der Waals surface area contributed by atoms with Gasteiger partial charge in [-0.3, -0.25) is 9.59 Å². The molecule has 2 aromatic carbocycles. The van der Waals surface area contributed by atoms with E-state index >= 15 is 0 Å². The second kappa shape index (κ2) is 12.2. The van der Waals surface area contributed by atoms with Crippen LogP contribution in [0.3, 0.4) is 0 Å². The minimum absolute atomic E-state index is 0.102. The number of hydrogen-bond acceptors (Lipinski definition) is 5. The molecule has 8 heteroatoms. The largest absolute Gasteiger partial charge is 0.508 e. The zero-order valence-electron chi connectivity index (χ0n) is 21.5. The summed E-state index contributed by atoms with van der Waals surface area (Å²) in [6.07, 6.45) is 0.774. The number of rotatable bonds is 9. The van der Waals surface area contributed by atoms with E-state index in [4.69, 9.17) is 4.74 Å². The Morgan fingerprint density at radius 1 is 1.06 bits per heavy atom. The molecule has 1 unspecified atom stereocenters. The number of anilines is 1. The number of aromatic hydroxyl groups is 1. The summed E-state index contributed by atoms with van der Waals surface area (Å²) in [6.45, 7) is 10.8. The molecule has 0 bridgehead atoms. The molecule has 1 atom stereocenters. The van der Waals surface area contributed by atoms with Crippen LogP contribution < -0.4 is 10.6 Å². The van der Waals surface area contributed by atoms with Crippen LogP contribution in [0.4, 0.5) is 10.5 Å². The van der Waals surface area contributed by atoms with Crippen LogP contribution in [0.1, 0.15) is 63.3 Å². The van der Waals surface area contributed by atoms with Crippen molar-refractivity contribution in [1.82, 2.24) is 10.2 Å². The Hall–Kier alpha value is -3.55. The van der Waals surface area contributed by atoms with Gasteiger partial charge in [0.1, 0.15) is 23.9 Å². The monoisotopic (exact) mass is 483 g/mol. The van der Waals surface area contributed by atoms with E-state index in [1.54, 1.807) is 45.9 Å². The molecule has 0 saturated carbocycles. The number of carbonyl (C=O) groups excluding carboxylic acids is 3. The predicted molar refractivity (Wildman–Crippen MR) is 136 cm³/mol. The van der Waals surface area contributed by atoms with Gasteiger partial charge < -0.3 is 25.4 Å². The van der Waals surface area contributed by atoms with Crippen LogP contribution in [-0.4, -0.2) is 46.6 Å². The summed E-state index contributed by atoms with van der Waals surface area (Å²) in [5.74, 6) is -0.698. The molecule has 2 rings (SSSR count). The van der Waals surface area contributed by atoms with E-state index in [1.807, 2.05) is 32.0 Å². The van der Waals surface area contributed by atoms with Crippen LogP contribution in [-0.2, 0) is 14.3 Å². The molecule has 0 aromatic heterocycles. The van der Waals surface area contributed by atoms with E-state index in [-0.39, 0.29) is 18.2 Å². The fourth-order valence-corrected chi connectivity index (χ4v) is 3.53. The maximum atomic E-state index is 13.6. The SMILES string of the molecule is CCCCN(C(=O)CNC(=O)OC(C)(C)C)C(C(=O)Nc1ccccc1C)c1ccc(O)c(C)c1. The summed E-state index contributed by atoms with van der Waals surface area (Å²) in [5.41, 5.74) is 1.99. The highest BCUT2D eigenvalue weighted by Crippen LogP contribution is 2.28. The fraction of sp³-hybridized carbons (Fsp3) is 0.444. The summed E-state index contributed by atoms with van der Waals surface area (Å²) in [6, 6.07) is 11.3. The Balaban J connectivity index is 2.39. The lowest BCUT2D eigenvalue weighted by molar-refractivity contribution is -0.138. The lowest BCUT2D eigenvalue weighted by atomic mass is 10.00. The predicted octanol–water partition coefficient (Wildman–Crippen LogP) is 4.84. The molecule has 3 N–H and O–H groups in total. The van der Waals surface area contributed by atoms with Crippen molar-refractivity contribution in [2.75, 3.05) is 18.4 Å². The average molecular weight is 484 g/mol. The highest BCUT2D eigenvalue weighted by molar-refractivity contribution is 5.98. The van der Waals surface area contributed by atoms with Crippen molar-refractivity contribution in [2.45, 2.75) is 66.0 Å². The van der Waals surface area contributed by atoms with Gasteiger partial charge in [0.25, 0.3) is 5.91 Å². The number of aryl methyl sites for hydroxylation is 2. The average Bonchev–Trinajstić information content (AvgIpc) is 2.77. The van der Waals surface area contributed by atoms with E-state index in [0.29, 0.717) is 29.8 Å². The van der Waals surface area contributed by atoms with Gasteiger partial charge in [0, 0.05) is 12.2 Å². The van der Waals surface area contributed by atoms with Crippen molar-refractivity contribution in [2.24, 2.45) is 0 Å². The Morgan fingerprint density at radius 2 is 1.74 bits per heavy atom. The second-order valence-corrected chi connectivity index (χ2v) is 9.55. The molecule has 0 saturated heterocycles. The first-order valence-electron chi connectivity index (χ1n) is 11.8. The lowest BCUT2D eigenvalue weighted by Gasteiger charge is -2.32. The van der Waals surface area contributed by atoms with Crippen molar-refractivity contribution in [3.63, 3.8) is 0 Å². The van der Waals surface area contributed by atoms with E-state index in [2.05, 4.69) is 10.6 Å². The molecule has 0 spiro atoms. The minimum atomic E-state index is -0.964. The van der Waals surface area contributed by atoms with Crippen LogP contribution in [0.25, 0.3) is 0 Å². The number of hydrogen-bond donors (Lipinski definition) is 3. The quantitative estimate of drug-likeness (QED) is 0.473. The van der Waals surface area contributed by atoms with Gasteiger partial charge in [-0.25, -0.2) is 4.79 Å². The second-order valence-electron chi connectivity index (χ2n) is 9.55. The first-order valence-corrected chi connectivity index (χ1v) is 11.8. The maximum absolute atomic E-state index is 13.6. The smallest absolute Gasteiger partial charge is 0.408 e. The summed E-state index contributed by atoms with van der Waals surface area (Å²) in [4.78, 5) is 40.5. The number of phenols is 1. The Kier molecular flexibility index (Phi) is 9.68. The minimum Gasteiger partial charge on any atom is -0.508 e. The number of alkyl carbamates (subject to hydrolysis) is 1. The molecule has 2 aromatic rings. The van der Waals surface area contributed by atoms with E-state index in [1.165, 1.54) is 11.0 Å². The van der Waals surface area contributed by atoms with E-state index in [0.717, 1.165) is 12.0 Å². The number of nitrogens with zero attached hydrogens (tertiary/aromatic N) is 1. The van der Waals surface area contributed by atoms with Crippen molar-refractivity contribution >= 4 is 23.6 Å². The molecule has 190 valence electrons. The van der Waals surface area contributed by atoms with Gasteiger partial charge in [0.15, 0.2) is 0 Å². The first kappa shape index (κ1) is 27.7. The first-order chi connectivity index (χ1) is 16.4. The highest BCUT2D eigenvalue weighted by Gasteiger charge is 2.32. The van der Waals surface area contributed by atoms with Crippen LogP contribution in [0.5, 0.6) is 5.75 Å². The van der Waals surface area contributed by atoms with Crippen LogP contribution >= 0.6 is 0 Å². The number of benzene rings is 2. The molecule has 0 fully saturated rings. The van der Waals surface area contributed by atoms with Gasteiger partial charge in [-0.05, 0) is 75.9 Å². The number of phenolic OH excluding ortho intramolecular Hbond substituents is 1. The summed E-state index contributed by atoms with van der Waals surface area (Å²) < 4.78 is 5.23. The zero-order valence-corrected chi connectivity index (χ0v) is 21.5. The van der Waals surface area contributed by atoms with Gasteiger partial charge in [-0.15, -0.1) is 0 Å². The van der Waals surface area contributed by atoms with Crippen molar-refractivity contribution in [1.29, 1.82) is 0 Å². The number of unbranched alkanes of at least 4 members (excludes halogenated alkanes) is 1. The van der Waals surface area contributed by atoms with E-state index < -0.39 is 23.6 Å². The third kappa shape index (κ3) is 8.31. The molecule has 0 aliphatic rings. The van der Waals surface area contributed by atoms with Gasteiger partial charge >= 0.3 is 6.09 Å². The van der Waals surface area contributed by atoms with Gasteiger partial charge in [0.05, 0.1) is 0 Å². The Bertz CT molecular complexity index is 1050. The molecule has 0 heterocycles. The van der Waals surface area contributed by atoms with Crippen molar-refractivity contribution < 1.29 is 24.2 Å². The molecular weight excluding hydrogens is 446 g/mol. The van der Waals surface area contributed by atoms with Gasteiger partial charge in [-0.1, -0.05) is 37.6 Å². The number of ether oxygens (including phenoxy) is 1. The van der Waals surface area contributed by atoms with E-state index in [9.17, 15) is 19.5 Å². The molecule has 3 amide bonds. The molecule has 0 aliphatic carbocycles. The third-order valence-corrected chi connectivity index (χ3v) is 5.36. The molecule has 0 aliphatic heterocycles. The Labute approximate surface area is 207 Å². The molecule has 35 heavy (non-hydrogen) atoms. The summed E-state index contributed by atoms with van der Waals surface area (Å²) >= 11 is 0. The Morgan fingerprint density at radius 3 is 2.34 bits per heavy atom. The van der Waals surface area contributed by atoms with Gasteiger partial charge in [0.2, 0.25) is 5.91 Å². The topological polar surface area (TPSA) is 108 Å². The molecule has 0 radical (unpaired) electrons. The number of nitrogens with one attached hydrogen (secondary N) is 2. The van der Waals surface area contributed by atoms with Gasteiger partial charge in [-0.2, -0.15) is 0 Å². The number of para-hydroxylation sites is 1. The maximum Gasteiger partial charge on any atom is 0.408 e. The summed E-state index contributed by atoms with van der Waals surface area (Å²) in [5, 5.41) is 15.5. The van der Waals surface area contributed by atoms with Crippen LogP contribution in [0.15, 0.2) is 42.5 Å². The molecule has 8 nitrogen and oxygen atoms in total. The van der Waals surface area contributed by atoms with Crippen LogP contribution in [0.2, 0.25) is 0 Å². The van der Waals surface area contributed by atoms with Crippen molar-refractivity contribution in [3.8, 4) is 5.75 Å². The molecular formula is C27H37N3O5. The lowest BCUT2D eigenvalue weighted by Crippen LogP contribution is -2.47. The zero-order chi connectivity index (χ0) is 26.2. The highest BCUT2D eigenvalue weighted by atomic mass is 16.6. The number of carbonyl (C=O) groups is 3. The van der Waals surface area contributed by atoms with Crippen LogP contribution in [0, 0.1) is 13.8 Å². The fourth-order valence-electron chi connectivity index (χ4n) is 3.53. The normalized spacial score (nSPS) is 11.9. The number of amides is 3. The van der Waals surface area contributed by atoms with Crippen molar-refractivity contribution in [3.05, 3.63) is 59.2 Å².